The number of carbonyl (C=O) groups excluding carboxylic acids is 2. The van der Waals surface area contributed by atoms with Crippen molar-refractivity contribution in [3.63, 3.8) is 0 Å². The molecule has 1 aromatic carbocycles. The largest absolute Gasteiger partial charge is 0.484 e. The molecule has 0 aliphatic heterocycles. The van der Waals surface area contributed by atoms with Gasteiger partial charge in [0, 0.05) is 12.1 Å². The number of benzene rings is 1. The highest BCUT2D eigenvalue weighted by Crippen LogP contribution is 2.35. The molecule has 1 heterocycles. The van der Waals surface area contributed by atoms with E-state index in [0.717, 1.165) is 18.9 Å². The SMILES string of the molecule is CCCCNC(=O)COc1ccc(-c2cc(C(N)=O)c(=O)[nH]c2C(F)(F)F)cc1. The van der Waals surface area contributed by atoms with Gasteiger partial charge < -0.3 is 20.8 Å². The predicted molar refractivity (Wildman–Crippen MR) is 99.4 cm³/mol. The molecular weight excluding hydrogens is 391 g/mol. The van der Waals surface area contributed by atoms with Crippen molar-refractivity contribution in [2.24, 2.45) is 5.73 Å². The molecule has 10 heteroatoms. The number of halogens is 3. The molecule has 4 N–H and O–H groups in total. The highest BCUT2D eigenvalue weighted by molar-refractivity contribution is 5.94. The number of ether oxygens (including phenoxy) is 1. The summed E-state index contributed by atoms with van der Waals surface area (Å²) < 4.78 is 45.2. The Hall–Kier alpha value is -3.30. The van der Waals surface area contributed by atoms with E-state index in [2.05, 4.69) is 5.32 Å². The Kier molecular flexibility index (Phi) is 7.03. The number of primary amides is 1. The lowest BCUT2D eigenvalue weighted by atomic mass is 10.0. The van der Waals surface area contributed by atoms with Gasteiger partial charge in [-0.15, -0.1) is 0 Å². The molecular formula is C19H20F3N3O4. The highest BCUT2D eigenvalue weighted by atomic mass is 19.4. The Morgan fingerprint density at radius 2 is 1.86 bits per heavy atom. The maximum atomic E-state index is 13.3. The highest BCUT2D eigenvalue weighted by Gasteiger charge is 2.36. The van der Waals surface area contributed by atoms with Crippen molar-refractivity contribution in [1.82, 2.24) is 10.3 Å². The maximum absolute atomic E-state index is 13.3. The Balaban J connectivity index is 2.24. The molecule has 0 radical (unpaired) electrons. The smallest absolute Gasteiger partial charge is 0.431 e. The second-order valence-corrected chi connectivity index (χ2v) is 6.18. The van der Waals surface area contributed by atoms with E-state index in [0.29, 0.717) is 6.54 Å². The minimum absolute atomic E-state index is 0.0795. The molecule has 0 spiro atoms. The number of carbonyl (C=O) groups is 2. The average molecular weight is 411 g/mol. The van der Waals surface area contributed by atoms with E-state index in [-0.39, 0.29) is 23.8 Å². The normalized spacial score (nSPS) is 11.2. The number of H-pyrrole nitrogens is 1. The van der Waals surface area contributed by atoms with Gasteiger partial charge in [-0.25, -0.2) is 0 Å². The number of alkyl halides is 3. The van der Waals surface area contributed by atoms with Gasteiger partial charge in [-0.2, -0.15) is 13.2 Å². The number of aromatic amines is 1. The molecule has 7 nitrogen and oxygen atoms in total. The van der Waals surface area contributed by atoms with E-state index >= 15 is 0 Å². The first kappa shape index (κ1) is 22.0. The van der Waals surface area contributed by atoms with Crippen LogP contribution < -0.4 is 21.3 Å². The Morgan fingerprint density at radius 3 is 2.41 bits per heavy atom. The van der Waals surface area contributed by atoms with Crippen LogP contribution in [0, 0.1) is 0 Å². The summed E-state index contributed by atoms with van der Waals surface area (Å²) >= 11 is 0. The third-order valence-electron chi connectivity index (χ3n) is 3.98. The fraction of sp³-hybridized carbons (Fsp3) is 0.316. The number of aromatic nitrogens is 1. The third-order valence-corrected chi connectivity index (χ3v) is 3.98. The van der Waals surface area contributed by atoms with Crippen LogP contribution in [0.2, 0.25) is 0 Å². The number of rotatable bonds is 8. The lowest BCUT2D eigenvalue weighted by Crippen LogP contribution is -2.29. The molecule has 2 aromatic rings. The summed E-state index contributed by atoms with van der Waals surface area (Å²) in [5.41, 5.74) is 1.63. The zero-order valence-corrected chi connectivity index (χ0v) is 15.6. The summed E-state index contributed by atoms with van der Waals surface area (Å²) in [4.78, 5) is 36.3. The lowest BCUT2D eigenvalue weighted by Gasteiger charge is -2.14. The first-order valence-corrected chi connectivity index (χ1v) is 8.77. The Morgan fingerprint density at radius 1 is 1.21 bits per heavy atom. The van der Waals surface area contributed by atoms with Crippen LogP contribution in [-0.4, -0.2) is 29.9 Å². The van der Waals surface area contributed by atoms with Crippen LogP contribution >= 0.6 is 0 Å². The molecule has 0 atom stereocenters. The van der Waals surface area contributed by atoms with Crippen molar-refractivity contribution in [2.75, 3.05) is 13.2 Å². The van der Waals surface area contributed by atoms with Crippen LogP contribution in [0.15, 0.2) is 35.1 Å². The molecule has 0 saturated heterocycles. The molecule has 2 rings (SSSR count). The molecule has 156 valence electrons. The van der Waals surface area contributed by atoms with Crippen LogP contribution in [0.3, 0.4) is 0 Å². The van der Waals surface area contributed by atoms with Gasteiger partial charge in [-0.1, -0.05) is 25.5 Å². The number of hydrogen-bond acceptors (Lipinski definition) is 4. The minimum Gasteiger partial charge on any atom is -0.484 e. The van der Waals surface area contributed by atoms with E-state index in [1.807, 2.05) is 6.92 Å². The van der Waals surface area contributed by atoms with Crippen LogP contribution in [0.25, 0.3) is 11.1 Å². The van der Waals surface area contributed by atoms with Gasteiger partial charge in [0.1, 0.15) is 17.0 Å². The van der Waals surface area contributed by atoms with Crippen LogP contribution in [0.4, 0.5) is 13.2 Å². The molecule has 0 bridgehead atoms. The van der Waals surface area contributed by atoms with Crippen molar-refractivity contribution in [3.8, 4) is 16.9 Å². The quantitative estimate of drug-likeness (QED) is 0.579. The van der Waals surface area contributed by atoms with E-state index < -0.39 is 34.5 Å². The van der Waals surface area contributed by atoms with Crippen molar-refractivity contribution in [3.05, 3.63) is 51.9 Å². The summed E-state index contributed by atoms with van der Waals surface area (Å²) in [6.07, 6.45) is -3.07. The van der Waals surface area contributed by atoms with E-state index in [1.54, 1.807) is 4.98 Å². The molecule has 0 saturated carbocycles. The molecule has 0 unspecified atom stereocenters. The molecule has 0 aliphatic carbocycles. The maximum Gasteiger partial charge on any atom is 0.431 e. The fourth-order valence-corrected chi connectivity index (χ4v) is 2.50. The number of nitrogens with one attached hydrogen (secondary N) is 2. The summed E-state index contributed by atoms with van der Waals surface area (Å²) in [5, 5.41) is 2.67. The standard InChI is InChI=1S/C19H20F3N3O4/c1-2-3-8-24-15(26)10-29-12-6-4-11(5-7-12)13-9-14(17(23)27)18(28)25-16(13)19(20,21)22/h4-7,9H,2-3,8,10H2,1H3,(H2,23,27)(H,24,26)(H,25,28). The van der Waals surface area contributed by atoms with Gasteiger partial charge >= 0.3 is 6.18 Å². The van der Waals surface area contributed by atoms with Crippen molar-refractivity contribution in [2.45, 2.75) is 25.9 Å². The number of unbranched alkanes of at least 4 members (excludes halogenated alkanes) is 1. The molecule has 0 fully saturated rings. The number of amides is 2. The number of nitrogens with two attached hydrogens (primary N) is 1. The van der Waals surface area contributed by atoms with Gasteiger partial charge in [-0.3, -0.25) is 14.4 Å². The van der Waals surface area contributed by atoms with Crippen molar-refractivity contribution < 1.29 is 27.5 Å². The van der Waals surface area contributed by atoms with Crippen LogP contribution in [-0.2, 0) is 11.0 Å². The minimum atomic E-state index is -4.85. The molecule has 2 amide bonds. The van der Waals surface area contributed by atoms with Gasteiger partial charge in [0.15, 0.2) is 6.61 Å². The third kappa shape index (κ3) is 5.84. The van der Waals surface area contributed by atoms with Gasteiger partial charge in [0.2, 0.25) is 0 Å². The predicted octanol–water partition coefficient (Wildman–Crippen LogP) is 2.45. The molecule has 1 aromatic heterocycles. The first-order chi connectivity index (χ1) is 13.6. The van der Waals surface area contributed by atoms with Crippen LogP contribution in [0.1, 0.15) is 35.8 Å². The van der Waals surface area contributed by atoms with E-state index in [1.165, 1.54) is 24.3 Å². The molecule has 29 heavy (non-hydrogen) atoms. The summed E-state index contributed by atoms with van der Waals surface area (Å²) in [5.74, 6) is -1.18. The Bertz CT molecular complexity index is 937. The summed E-state index contributed by atoms with van der Waals surface area (Å²) in [7, 11) is 0. The van der Waals surface area contributed by atoms with Crippen LogP contribution in [0.5, 0.6) is 5.75 Å². The van der Waals surface area contributed by atoms with Crippen molar-refractivity contribution >= 4 is 11.8 Å². The second kappa shape index (κ2) is 9.26. The number of hydrogen-bond donors (Lipinski definition) is 3. The second-order valence-electron chi connectivity index (χ2n) is 6.18. The topological polar surface area (TPSA) is 114 Å². The monoisotopic (exact) mass is 411 g/mol. The molecule has 0 aliphatic rings. The van der Waals surface area contributed by atoms with E-state index in [9.17, 15) is 27.6 Å². The zero-order chi connectivity index (χ0) is 21.6. The van der Waals surface area contributed by atoms with E-state index in [4.69, 9.17) is 10.5 Å². The summed E-state index contributed by atoms with van der Waals surface area (Å²) in [6, 6.07) is 6.20. The van der Waals surface area contributed by atoms with Gasteiger partial charge in [-0.05, 0) is 30.2 Å². The van der Waals surface area contributed by atoms with Gasteiger partial charge in [0.25, 0.3) is 17.4 Å². The summed E-state index contributed by atoms with van der Waals surface area (Å²) in [6.45, 7) is 2.29. The fourth-order valence-electron chi connectivity index (χ4n) is 2.50. The zero-order valence-electron chi connectivity index (χ0n) is 15.6. The lowest BCUT2D eigenvalue weighted by molar-refractivity contribution is -0.140. The number of pyridine rings is 1. The average Bonchev–Trinajstić information content (AvgIpc) is 2.66. The van der Waals surface area contributed by atoms with Gasteiger partial charge in [0.05, 0.1) is 0 Å². The first-order valence-electron chi connectivity index (χ1n) is 8.77. The van der Waals surface area contributed by atoms with Crippen molar-refractivity contribution in [1.29, 1.82) is 0 Å². The Labute approximate surface area is 164 Å².